The van der Waals surface area contributed by atoms with E-state index >= 15 is 0 Å². The van der Waals surface area contributed by atoms with Crippen molar-refractivity contribution in [3.63, 3.8) is 0 Å². The van der Waals surface area contributed by atoms with Gasteiger partial charge in [0.05, 0.1) is 12.9 Å². The van der Waals surface area contributed by atoms with Crippen LogP contribution >= 0.6 is 11.6 Å². The number of rotatable bonds is 13. The number of carbonyl (C=O) groups is 1. The molecule has 2 aromatic rings. The molecule has 0 fully saturated rings. The van der Waals surface area contributed by atoms with Crippen LogP contribution in [-0.4, -0.2) is 46.4 Å². The van der Waals surface area contributed by atoms with Crippen LogP contribution in [0.3, 0.4) is 0 Å². The number of nitrogens with one attached hydrogen (secondary N) is 2. The second kappa shape index (κ2) is 12.6. The molecule has 0 heterocycles. The van der Waals surface area contributed by atoms with Gasteiger partial charge in [0.2, 0.25) is 15.9 Å². The van der Waals surface area contributed by atoms with Gasteiger partial charge in [-0.15, -0.1) is 0 Å². The summed E-state index contributed by atoms with van der Waals surface area (Å²) in [4.78, 5) is 12.3. The smallest absolute Gasteiger partial charge is 0.238 e. The molecular weight excluding hydrogens is 464 g/mol. The second-order valence-corrected chi connectivity index (χ2v) is 9.89. The standard InChI is InChI=1S/C24H31ClN2O5S/c1-5-21(27-33(29,30)6-2)24(28)26-14-13-18-7-12-22(23(15-18)31-4)32-16-17(3)19-8-10-20(25)11-9-19/h7-12,15,21,27H,3,5-6,13-14,16H2,1-2,4H3,(H,26,28)/t21-/m0/s1. The summed E-state index contributed by atoms with van der Waals surface area (Å²) in [7, 11) is -1.89. The summed E-state index contributed by atoms with van der Waals surface area (Å²) in [5, 5.41) is 3.44. The lowest BCUT2D eigenvalue weighted by molar-refractivity contribution is -0.122. The molecule has 0 spiro atoms. The normalized spacial score (nSPS) is 12.1. The van der Waals surface area contributed by atoms with Crippen molar-refractivity contribution < 1.29 is 22.7 Å². The van der Waals surface area contributed by atoms with Gasteiger partial charge in [-0.1, -0.05) is 43.3 Å². The van der Waals surface area contributed by atoms with Gasteiger partial charge in [-0.2, -0.15) is 0 Å². The molecule has 7 nitrogen and oxygen atoms in total. The first-order valence-electron chi connectivity index (χ1n) is 10.7. The van der Waals surface area contributed by atoms with Gasteiger partial charge in [0.15, 0.2) is 11.5 Å². The predicted octanol–water partition coefficient (Wildman–Crippen LogP) is 3.82. The quantitative estimate of drug-likeness (QED) is 0.441. The van der Waals surface area contributed by atoms with E-state index in [2.05, 4.69) is 16.6 Å². The van der Waals surface area contributed by atoms with E-state index in [0.717, 1.165) is 16.7 Å². The van der Waals surface area contributed by atoms with E-state index in [9.17, 15) is 13.2 Å². The Kier molecular flexibility index (Phi) is 10.2. The SMILES string of the molecule is C=C(COc1ccc(CCNC(=O)[C@H](CC)NS(=O)(=O)CC)cc1OC)c1ccc(Cl)cc1. The summed E-state index contributed by atoms with van der Waals surface area (Å²) in [6.07, 6.45) is 0.920. The number of amides is 1. The monoisotopic (exact) mass is 494 g/mol. The molecule has 1 amide bonds. The van der Waals surface area contributed by atoms with Crippen LogP contribution in [-0.2, 0) is 21.2 Å². The van der Waals surface area contributed by atoms with Gasteiger partial charge in [0.25, 0.3) is 0 Å². The highest BCUT2D eigenvalue weighted by Gasteiger charge is 2.21. The van der Waals surface area contributed by atoms with Crippen molar-refractivity contribution in [1.29, 1.82) is 0 Å². The van der Waals surface area contributed by atoms with Crippen LogP contribution in [0.25, 0.3) is 5.57 Å². The third-order valence-corrected chi connectivity index (χ3v) is 6.68. The molecule has 33 heavy (non-hydrogen) atoms. The lowest BCUT2D eigenvalue weighted by Crippen LogP contribution is -2.47. The summed E-state index contributed by atoms with van der Waals surface area (Å²) in [5.41, 5.74) is 2.69. The van der Waals surface area contributed by atoms with Gasteiger partial charge in [-0.25, -0.2) is 13.1 Å². The second-order valence-electron chi connectivity index (χ2n) is 7.41. The molecule has 0 aliphatic carbocycles. The topological polar surface area (TPSA) is 93.7 Å². The largest absolute Gasteiger partial charge is 0.493 e. The van der Waals surface area contributed by atoms with Crippen LogP contribution in [0.4, 0.5) is 0 Å². The fourth-order valence-corrected chi connectivity index (χ4v) is 4.00. The summed E-state index contributed by atoms with van der Waals surface area (Å²) in [5.74, 6) is 0.741. The number of ether oxygens (including phenoxy) is 2. The van der Waals surface area contributed by atoms with Crippen molar-refractivity contribution >= 4 is 33.1 Å². The van der Waals surface area contributed by atoms with Crippen LogP contribution in [0.15, 0.2) is 49.0 Å². The van der Waals surface area contributed by atoms with Crippen molar-refractivity contribution in [3.05, 3.63) is 65.2 Å². The Morgan fingerprint density at radius 3 is 2.42 bits per heavy atom. The molecule has 0 saturated carbocycles. The number of benzene rings is 2. The van der Waals surface area contributed by atoms with E-state index in [0.29, 0.717) is 42.5 Å². The lowest BCUT2D eigenvalue weighted by Gasteiger charge is -2.17. The maximum Gasteiger partial charge on any atom is 0.238 e. The first-order valence-corrected chi connectivity index (χ1v) is 12.7. The lowest BCUT2D eigenvalue weighted by atomic mass is 10.1. The average Bonchev–Trinajstić information content (AvgIpc) is 2.81. The number of hydrogen-bond acceptors (Lipinski definition) is 5. The Hall–Kier alpha value is -2.55. The minimum Gasteiger partial charge on any atom is -0.493 e. The fraction of sp³-hybridized carbons (Fsp3) is 0.375. The van der Waals surface area contributed by atoms with Crippen LogP contribution < -0.4 is 19.5 Å². The van der Waals surface area contributed by atoms with Crippen molar-refractivity contribution in [2.45, 2.75) is 32.7 Å². The molecule has 180 valence electrons. The Morgan fingerprint density at radius 1 is 1.12 bits per heavy atom. The van der Waals surface area contributed by atoms with Crippen LogP contribution in [0, 0.1) is 0 Å². The number of halogens is 1. The summed E-state index contributed by atoms with van der Waals surface area (Å²) < 4.78 is 37.2. The van der Waals surface area contributed by atoms with Gasteiger partial charge < -0.3 is 14.8 Å². The minimum atomic E-state index is -3.45. The zero-order chi connectivity index (χ0) is 24.4. The molecule has 0 aliphatic rings. The third-order valence-electron chi connectivity index (χ3n) is 5.02. The number of methoxy groups -OCH3 is 1. The number of sulfonamides is 1. The van der Waals surface area contributed by atoms with Crippen LogP contribution in [0.1, 0.15) is 31.4 Å². The molecule has 2 aromatic carbocycles. The number of hydrogen-bond donors (Lipinski definition) is 2. The molecule has 9 heteroatoms. The molecule has 0 radical (unpaired) electrons. The van der Waals surface area contributed by atoms with Gasteiger partial charge >= 0.3 is 0 Å². The first-order chi connectivity index (χ1) is 15.7. The van der Waals surface area contributed by atoms with Crippen LogP contribution in [0.5, 0.6) is 11.5 Å². The van der Waals surface area contributed by atoms with E-state index in [1.165, 1.54) is 6.92 Å². The molecule has 0 bridgehead atoms. The molecule has 0 saturated heterocycles. The van der Waals surface area contributed by atoms with Gasteiger partial charge in [-0.05, 0) is 60.7 Å². The molecule has 2 N–H and O–H groups in total. The van der Waals surface area contributed by atoms with Crippen molar-refractivity contribution in [2.75, 3.05) is 26.0 Å². The van der Waals surface area contributed by atoms with E-state index in [-0.39, 0.29) is 11.7 Å². The Bertz CT molecular complexity index is 1060. The van der Waals surface area contributed by atoms with Crippen molar-refractivity contribution in [2.24, 2.45) is 0 Å². The minimum absolute atomic E-state index is 0.0714. The van der Waals surface area contributed by atoms with Crippen molar-refractivity contribution in [3.8, 4) is 11.5 Å². The molecule has 0 aromatic heterocycles. The zero-order valence-corrected chi connectivity index (χ0v) is 20.8. The Labute approximate surface area is 201 Å². The van der Waals surface area contributed by atoms with Crippen molar-refractivity contribution in [1.82, 2.24) is 10.0 Å². The maximum absolute atomic E-state index is 12.3. The fourth-order valence-electron chi connectivity index (χ4n) is 3.00. The predicted molar refractivity (Wildman–Crippen MR) is 132 cm³/mol. The highest BCUT2D eigenvalue weighted by Crippen LogP contribution is 2.29. The van der Waals surface area contributed by atoms with Crippen LogP contribution in [0.2, 0.25) is 5.02 Å². The average molecular weight is 495 g/mol. The molecular formula is C24H31ClN2O5S. The van der Waals surface area contributed by atoms with E-state index in [1.54, 1.807) is 26.2 Å². The van der Waals surface area contributed by atoms with E-state index in [1.807, 2.05) is 30.3 Å². The Morgan fingerprint density at radius 2 is 1.82 bits per heavy atom. The Balaban J connectivity index is 1.91. The van der Waals surface area contributed by atoms with Gasteiger partial charge in [0.1, 0.15) is 12.6 Å². The molecule has 0 unspecified atom stereocenters. The summed E-state index contributed by atoms with van der Waals surface area (Å²) in [6.45, 7) is 8.00. The molecule has 0 aliphatic heterocycles. The maximum atomic E-state index is 12.3. The van der Waals surface area contributed by atoms with Gasteiger partial charge in [-0.3, -0.25) is 4.79 Å². The first kappa shape index (κ1) is 26.7. The summed E-state index contributed by atoms with van der Waals surface area (Å²) in [6, 6.07) is 12.2. The highest BCUT2D eigenvalue weighted by atomic mass is 35.5. The number of carbonyl (C=O) groups excluding carboxylic acids is 1. The highest BCUT2D eigenvalue weighted by molar-refractivity contribution is 7.89. The summed E-state index contributed by atoms with van der Waals surface area (Å²) >= 11 is 5.92. The van der Waals surface area contributed by atoms with E-state index in [4.69, 9.17) is 21.1 Å². The van der Waals surface area contributed by atoms with Gasteiger partial charge in [0, 0.05) is 11.6 Å². The zero-order valence-electron chi connectivity index (χ0n) is 19.2. The molecule has 1 atom stereocenters. The molecule has 2 rings (SSSR count). The third kappa shape index (κ3) is 8.38. The van der Waals surface area contributed by atoms with E-state index < -0.39 is 16.1 Å².